The zero-order chi connectivity index (χ0) is 10.4. The minimum absolute atomic E-state index is 0.0869. The van der Waals surface area contributed by atoms with Crippen LogP contribution in [0.3, 0.4) is 0 Å². The van der Waals surface area contributed by atoms with E-state index in [2.05, 4.69) is 13.2 Å². The Morgan fingerprint density at radius 1 is 1.13 bits per heavy atom. The van der Waals surface area contributed by atoms with Gasteiger partial charge in [-0.1, -0.05) is 37.1 Å². The third-order valence-electron chi connectivity index (χ3n) is 5.90. The second kappa shape index (κ2) is 2.24. The molecule has 0 heterocycles. The molecule has 4 bridgehead atoms. The third kappa shape index (κ3) is 0.640. The molecule has 1 N–H and O–H groups in total. The van der Waals surface area contributed by atoms with E-state index >= 15 is 0 Å². The van der Waals surface area contributed by atoms with E-state index in [1.807, 2.05) is 0 Å². The second-order valence-electron chi connectivity index (χ2n) is 6.09. The molecule has 5 rings (SSSR count). The molecule has 0 aromatic rings. The Morgan fingerprint density at radius 2 is 1.80 bits per heavy atom. The molecule has 80 valence electrons. The molecule has 1 nitrogen and oxygen atoms in total. The SMILES string of the molecule is C=C1[C@H]2C(=C)[C@H]3[C@@H]1[C@H](O)[C@@H]2C31CCCC1. The topological polar surface area (TPSA) is 20.2 Å². The molecule has 5 aliphatic carbocycles. The van der Waals surface area contributed by atoms with E-state index in [4.69, 9.17) is 0 Å². The highest BCUT2D eigenvalue weighted by Gasteiger charge is 2.75. The number of hydrogen-bond acceptors (Lipinski definition) is 1. The van der Waals surface area contributed by atoms with Crippen LogP contribution in [0.2, 0.25) is 0 Å². The first-order valence-corrected chi connectivity index (χ1v) is 6.24. The van der Waals surface area contributed by atoms with E-state index in [1.165, 1.54) is 36.8 Å². The summed E-state index contributed by atoms with van der Waals surface area (Å²) in [6, 6.07) is 0. The number of hydrogen-bond donors (Lipinski definition) is 1. The third-order valence-corrected chi connectivity index (χ3v) is 5.90. The average molecular weight is 202 g/mol. The first-order chi connectivity index (χ1) is 7.18. The van der Waals surface area contributed by atoms with E-state index in [0.29, 0.717) is 29.1 Å². The van der Waals surface area contributed by atoms with Crippen molar-refractivity contribution in [1.29, 1.82) is 0 Å². The molecule has 5 aliphatic rings. The van der Waals surface area contributed by atoms with Crippen molar-refractivity contribution in [1.82, 2.24) is 0 Å². The van der Waals surface area contributed by atoms with Crippen LogP contribution in [0, 0.1) is 29.1 Å². The first kappa shape index (κ1) is 8.58. The van der Waals surface area contributed by atoms with Crippen molar-refractivity contribution >= 4 is 0 Å². The van der Waals surface area contributed by atoms with Crippen molar-refractivity contribution in [2.45, 2.75) is 31.8 Å². The lowest BCUT2D eigenvalue weighted by Crippen LogP contribution is -2.29. The fraction of sp³-hybridized carbons (Fsp3) is 0.714. The molecular weight excluding hydrogens is 184 g/mol. The van der Waals surface area contributed by atoms with Crippen LogP contribution in [0.4, 0.5) is 0 Å². The van der Waals surface area contributed by atoms with E-state index in [9.17, 15) is 5.11 Å². The molecular formula is C14H18O. The van der Waals surface area contributed by atoms with Crippen molar-refractivity contribution in [3.05, 3.63) is 24.3 Å². The zero-order valence-electron chi connectivity index (χ0n) is 9.08. The largest absolute Gasteiger partial charge is 0.392 e. The summed E-state index contributed by atoms with van der Waals surface area (Å²) in [7, 11) is 0. The summed E-state index contributed by atoms with van der Waals surface area (Å²) < 4.78 is 0. The Morgan fingerprint density at radius 3 is 2.33 bits per heavy atom. The molecule has 1 heteroatoms. The van der Waals surface area contributed by atoms with Crippen LogP contribution in [-0.2, 0) is 0 Å². The maximum Gasteiger partial charge on any atom is 0.0654 e. The molecule has 0 aromatic carbocycles. The molecule has 0 amide bonds. The Balaban J connectivity index is 1.91. The minimum atomic E-state index is -0.0869. The minimum Gasteiger partial charge on any atom is -0.392 e. The normalized spacial score (nSPS) is 54.1. The molecule has 0 aromatic heterocycles. The van der Waals surface area contributed by atoms with Gasteiger partial charge in [0.15, 0.2) is 0 Å². The molecule has 5 atom stereocenters. The number of aliphatic hydroxyl groups excluding tert-OH is 1. The Hall–Kier alpha value is -0.560. The van der Waals surface area contributed by atoms with Crippen LogP contribution < -0.4 is 0 Å². The average Bonchev–Trinajstić information content (AvgIpc) is 2.90. The van der Waals surface area contributed by atoms with Crippen molar-refractivity contribution in [2.24, 2.45) is 29.1 Å². The van der Waals surface area contributed by atoms with Gasteiger partial charge < -0.3 is 5.11 Å². The van der Waals surface area contributed by atoms with E-state index < -0.39 is 0 Å². The number of allylic oxidation sites excluding steroid dienone is 1. The Bertz CT molecular complexity index is 375. The molecule has 0 saturated heterocycles. The van der Waals surface area contributed by atoms with Gasteiger partial charge in [-0.2, -0.15) is 0 Å². The predicted molar refractivity (Wildman–Crippen MR) is 59.1 cm³/mol. The summed E-state index contributed by atoms with van der Waals surface area (Å²) in [5.41, 5.74) is 3.18. The van der Waals surface area contributed by atoms with Gasteiger partial charge in [-0.05, 0) is 24.2 Å². The Labute approximate surface area is 90.9 Å². The molecule has 15 heavy (non-hydrogen) atoms. The van der Waals surface area contributed by atoms with Crippen LogP contribution in [0.25, 0.3) is 0 Å². The van der Waals surface area contributed by atoms with Crippen LogP contribution in [-0.4, -0.2) is 11.2 Å². The smallest absolute Gasteiger partial charge is 0.0654 e. The van der Waals surface area contributed by atoms with E-state index in [0.717, 1.165) is 0 Å². The predicted octanol–water partition coefficient (Wildman–Crippen LogP) is 2.53. The van der Waals surface area contributed by atoms with E-state index in [1.54, 1.807) is 0 Å². The molecule has 5 saturated carbocycles. The molecule has 5 fully saturated rings. The zero-order valence-corrected chi connectivity index (χ0v) is 9.08. The molecule has 0 unspecified atom stereocenters. The highest BCUT2D eigenvalue weighted by Crippen LogP contribution is 2.78. The number of aliphatic hydroxyl groups is 1. The van der Waals surface area contributed by atoms with E-state index in [-0.39, 0.29) is 6.10 Å². The van der Waals surface area contributed by atoms with Gasteiger partial charge in [0.1, 0.15) is 0 Å². The lowest BCUT2D eigenvalue weighted by Gasteiger charge is -2.33. The van der Waals surface area contributed by atoms with Gasteiger partial charge in [-0.25, -0.2) is 0 Å². The van der Waals surface area contributed by atoms with Crippen molar-refractivity contribution in [2.75, 3.05) is 0 Å². The highest BCUT2D eigenvalue weighted by atomic mass is 16.3. The summed E-state index contributed by atoms with van der Waals surface area (Å²) >= 11 is 0. The highest BCUT2D eigenvalue weighted by molar-refractivity contribution is 5.48. The van der Waals surface area contributed by atoms with Gasteiger partial charge in [0.05, 0.1) is 6.10 Å². The number of rotatable bonds is 0. The quantitative estimate of drug-likeness (QED) is 0.598. The fourth-order valence-electron chi connectivity index (χ4n) is 5.67. The summed E-state index contributed by atoms with van der Waals surface area (Å²) in [6.07, 6.45) is 5.30. The van der Waals surface area contributed by atoms with Gasteiger partial charge in [-0.15, -0.1) is 0 Å². The van der Waals surface area contributed by atoms with Gasteiger partial charge in [0.25, 0.3) is 0 Å². The Kier molecular flexibility index (Phi) is 1.28. The standard InChI is InChI=1S/C14H18O/c1-7-9-8(2)11-10(7)13(15)12(9)14(11)5-3-4-6-14/h9-13,15H,1-6H2/t9-,10+,11-,12+,13-/m0/s1. The maximum atomic E-state index is 10.3. The maximum absolute atomic E-state index is 10.3. The van der Waals surface area contributed by atoms with Crippen LogP contribution in [0.5, 0.6) is 0 Å². The summed E-state index contributed by atoms with van der Waals surface area (Å²) in [5, 5.41) is 10.3. The lowest BCUT2D eigenvalue weighted by molar-refractivity contribution is 0.0834. The lowest BCUT2D eigenvalue weighted by atomic mass is 9.70. The van der Waals surface area contributed by atoms with Crippen LogP contribution >= 0.6 is 0 Å². The second-order valence-corrected chi connectivity index (χ2v) is 6.09. The molecule has 1 spiro atoms. The van der Waals surface area contributed by atoms with Crippen LogP contribution in [0.1, 0.15) is 25.7 Å². The fourth-order valence-corrected chi connectivity index (χ4v) is 5.67. The summed E-state index contributed by atoms with van der Waals surface area (Å²) in [5.74, 6) is 1.95. The summed E-state index contributed by atoms with van der Waals surface area (Å²) in [4.78, 5) is 0. The monoisotopic (exact) mass is 202 g/mol. The molecule has 0 radical (unpaired) electrons. The van der Waals surface area contributed by atoms with Gasteiger partial charge in [-0.3, -0.25) is 0 Å². The first-order valence-electron chi connectivity index (χ1n) is 6.24. The molecule has 0 aliphatic heterocycles. The van der Waals surface area contributed by atoms with Gasteiger partial charge in [0, 0.05) is 17.8 Å². The van der Waals surface area contributed by atoms with Gasteiger partial charge >= 0.3 is 0 Å². The van der Waals surface area contributed by atoms with Gasteiger partial charge in [0.2, 0.25) is 0 Å². The van der Waals surface area contributed by atoms with Crippen LogP contribution in [0.15, 0.2) is 24.3 Å². The van der Waals surface area contributed by atoms with Crippen molar-refractivity contribution < 1.29 is 5.11 Å². The van der Waals surface area contributed by atoms with Crippen molar-refractivity contribution in [3.8, 4) is 0 Å². The summed E-state index contributed by atoms with van der Waals surface area (Å²) in [6.45, 7) is 8.49. The van der Waals surface area contributed by atoms with Crippen molar-refractivity contribution in [3.63, 3.8) is 0 Å².